The molecule has 146 valence electrons. The predicted molar refractivity (Wildman–Crippen MR) is 103 cm³/mol. The Hall–Kier alpha value is -1.84. The van der Waals surface area contributed by atoms with E-state index in [0.717, 1.165) is 55.2 Å². The fraction of sp³-hybridized carbons (Fsp3) is 0.444. The Morgan fingerprint density at radius 1 is 1.33 bits per heavy atom. The summed E-state index contributed by atoms with van der Waals surface area (Å²) in [7, 11) is -3.63. The van der Waals surface area contributed by atoms with Gasteiger partial charge in [-0.15, -0.1) is 11.3 Å². The van der Waals surface area contributed by atoms with Crippen molar-refractivity contribution < 1.29 is 17.6 Å². The Bertz CT molecular complexity index is 910. The highest BCUT2D eigenvalue weighted by Crippen LogP contribution is 2.28. The van der Waals surface area contributed by atoms with E-state index >= 15 is 0 Å². The van der Waals surface area contributed by atoms with Crippen LogP contribution in [0.5, 0.6) is 0 Å². The van der Waals surface area contributed by atoms with Gasteiger partial charge in [-0.2, -0.15) is 0 Å². The monoisotopic (exact) mass is 411 g/mol. The minimum absolute atomic E-state index is 0.0115. The Kier molecular flexibility index (Phi) is 6.23. The molecular weight excluding hydrogens is 389 g/mol. The molecule has 0 spiro atoms. The number of benzene rings is 1. The van der Waals surface area contributed by atoms with Crippen LogP contribution in [-0.2, 0) is 27.6 Å². The van der Waals surface area contributed by atoms with E-state index < -0.39 is 21.6 Å². The number of sulfone groups is 1. The van der Waals surface area contributed by atoms with Gasteiger partial charge in [-0.1, -0.05) is 6.92 Å². The van der Waals surface area contributed by atoms with Crippen molar-refractivity contribution in [3.05, 3.63) is 40.7 Å². The number of halogens is 1. The second-order valence-corrected chi connectivity index (χ2v) is 9.68. The molecule has 1 aromatic heterocycles. The van der Waals surface area contributed by atoms with E-state index in [4.69, 9.17) is 0 Å². The number of aromatic nitrogens is 1. The maximum absolute atomic E-state index is 12.9. The highest BCUT2D eigenvalue weighted by molar-refractivity contribution is 7.91. The summed E-state index contributed by atoms with van der Waals surface area (Å²) >= 11 is 1.45. The lowest BCUT2D eigenvalue weighted by Gasteiger charge is -2.24. The molecule has 1 aliphatic rings. The van der Waals surface area contributed by atoms with Gasteiger partial charge in [-0.3, -0.25) is 9.69 Å². The smallest absolute Gasteiger partial charge is 0.227 e. The van der Waals surface area contributed by atoms with Crippen molar-refractivity contribution in [2.75, 3.05) is 24.2 Å². The van der Waals surface area contributed by atoms with Gasteiger partial charge in [0.25, 0.3) is 0 Å². The van der Waals surface area contributed by atoms with Crippen molar-refractivity contribution in [3.63, 3.8) is 0 Å². The van der Waals surface area contributed by atoms with Gasteiger partial charge in [0.1, 0.15) is 5.82 Å². The van der Waals surface area contributed by atoms with Crippen LogP contribution < -0.4 is 5.32 Å². The van der Waals surface area contributed by atoms with Gasteiger partial charge >= 0.3 is 0 Å². The largest absolute Gasteiger partial charge is 0.302 e. The van der Waals surface area contributed by atoms with Gasteiger partial charge < -0.3 is 5.32 Å². The van der Waals surface area contributed by atoms with Crippen molar-refractivity contribution in [2.24, 2.45) is 0 Å². The molecule has 9 heteroatoms. The molecule has 6 nitrogen and oxygen atoms in total. The number of carbonyl (C=O) groups is 1. The Morgan fingerprint density at radius 3 is 2.78 bits per heavy atom. The van der Waals surface area contributed by atoms with Crippen LogP contribution in [0.1, 0.15) is 30.3 Å². The van der Waals surface area contributed by atoms with Crippen molar-refractivity contribution in [2.45, 2.75) is 37.6 Å². The molecule has 0 radical (unpaired) electrons. The minimum Gasteiger partial charge on any atom is -0.302 e. The van der Waals surface area contributed by atoms with E-state index in [2.05, 4.69) is 22.1 Å². The number of hydrogen-bond acceptors (Lipinski definition) is 6. The van der Waals surface area contributed by atoms with E-state index in [9.17, 15) is 17.6 Å². The highest BCUT2D eigenvalue weighted by Gasteiger charge is 2.21. The summed E-state index contributed by atoms with van der Waals surface area (Å²) in [4.78, 5) is 20.1. The third kappa shape index (κ3) is 5.12. The number of fused-ring (bicyclic) bond motifs is 1. The molecule has 0 atom stereocenters. The predicted octanol–water partition coefficient (Wildman–Crippen LogP) is 2.85. The molecule has 0 fully saturated rings. The first kappa shape index (κ1) is 19.9. The topological polar surface area (TPSA) is 79.4 Å². The number of rotatable bonds is 7. The zero-order valence-electron chi connectivity index (χ0n) is 15.1. The molecule has 2 heterocycles. The highest BCUT2D eigenvalue weighted by atomic mass is 32.2. The quantitative estimate of drug-likeness (QED) is 0.709. The first-order chi connectivity index (χ1) is 12.9. The van der Waals surface area contributed by atoms with Crippen LogP contribution in [0.3, 0.4) is 0 Å². The second-order valence-electron chi connectivity index (χ2n) is 6.49. The molecule has 1 aromatic carbocycles. The summed E-state index contributed by atoms with van der Waals surface area (Å²) in [6.45, 7) is 5.00. The SMILES string of the molecule is CCCN1CCc2nc(NC(=O)CCS(=O)(=O)c3ccc(F)cc3)sc2C1. The maximum Gasteiger partial charge on any atom is 0.227 e. The molecule has 3 rings (SSSR count). The summed E-state index contributed by atoms with van der Waals surface area (Å²) in [6.07, 6.45) is 1.78. The first-order valence-corrected chi connectivity index (χ1v) is 11.3. The van der Waals surface area contributed by atoms with Crippen LogP contribution in [0.4, 0.5) is 9.52 Å². The zero-order valence-corrected chi connectivity index (χ0v) is 16.7. The molecular formula is C18H22FN3O3S2. The van der Waals surface area contributed by atoms with Crippen LogP contribution in [-0.4, -0.2) is 43.1 Å². The lowest BCUT2D eigenvalue weighted by Crippen LogP contribution is -2.30. The average Bonchev–Trinajstić information content (AvgIpc) is 3.02. The summed E-state index contributed by atoms with van der Waals surface area (Å²) in [5.41, 5.74) is 1.02. The fourth-order valence-electron chi connectivity index (χ4n) is 2.98. The number of anilines is 1. The van der Waals surface area contributed by atoms with Gasteiger partial charge in [0.15, 0.2) is 15.0 Å². The van der Waals surface area contributed by atoms with E-state index in [1.54, 1.807) is 0 Å². The summed E-state index contributed by atoms with van der Waals surface area (Å²) in [5, 5.41) is 3.22. The lowest BCUT2D eigenvalue weighted by atomic mass is 10.2. The third-order valence-electron chi connectivity index (χ3n) is 4.37. The van der Waals surface area contributed by atoms with E-state index in [0.29, 0.717) is 5.13 Å². The van der Waals surface area contributed by atoms with Crippen molar-refractivity contribution in [1.29, 1.82) is 0 Å². The molecule has 0 saturated carbocycles. The van der Waals surface area contributed by atoms with Gasteiger partial charge in [-0.25, -0.2) is 17.8 Å². The lowest BCUT2D eigenvalue weighted by molar-refractivity contribution is -0.115. The molecule has 27 heavy (non-hydrogen) atoms. The summed E-state index contributed by atoms with van der Waals surface area (Å²) in [5.74, 6) is -1.23. The van der Waals surface area contributed by atoms with Crippen LogP contribution in [0.25, 0.3) is 0 Å². The van der Waals surface area contributed by atoms with Gasteiger partial charge in [-0.05, 0) is 37.2 Å². The standard InChI is InChI=1S/C18H22FN3O3S2/c1-2-9-22-10-7-15-16(12-22)26-18(20-15)21-17(23)8-11-27(24,25)14-5-3-13(19)4-6-14/h3-6H,2,7-12H2,1H3,(H,20,21,23). The summed E-state index contributed by atoms with van der Waals surface area (Å²) < 4.78 is 37.4. The van der Waals surface area contributed by atoms with Gasteiger partial charge in [0, 0.05) is 30.8 Å². The second kappa shape index (κ2) is 8.45. The summed E-state index contributed by atoms with van der Waals surface area (Å²) in [6, 6.07) is 4.60. The van der Waals surface area contributed by atoms with E-state index in [1.807, 2.05) is 0 Å². The van der Waals surface area contributed by atoms with Crippen LogP contribution in [0, 0.1) is 5.82 Å². The number of thiazole rings is 1. The van der Waals surface area contributed by atoms with Gasteiger partial charge in [0.2, 0.25) is 5.91 Å². The first-order valence-electron chi connectivity index (χ1n) is 8.86. The minimum atomic E-state index is -3.63. The molecule has 0 unspecified atom stereocenters. The van der Waals surface area contributed by atoms with Crippen LogP contribution in [0.15, 0.2) is 29.2 Å². The Morgan fingerprint density at radius 2 is 2.07 bits per heavy atom. The molecule has 1 amide bonds. The van der Waals surface area contributed by atoms with Crippen LogP contribution >= 0.6 is 11.3 Å². The number of hydrogen-bond donors (Lipinski definition) is 1. The van der Waals surface area contributed by atoms with E-state index in [-0.39, 0.29) is 17.1 Å². The van der Waals surface area contributed by atoms with Gasteiger partial charge in [0.05, 0.1) is 16.3 Å². The van der Waals surface area contributed by atoms with E-state index in [1.165, 1.54) is 23.5 Å². The molecule has 1 aliphatic heterocycles. The number of nitrogens with one attached hydrogen (secondary N) is 1. The van der Waals surface area contributed by atoms with Crippen molar-refractivity contribution in [1.82, 2.24) is 9.88 Å². The zero-order chi connectivity index (χ0) is 19.4. The Balaban J connectivity index is 1.56. The maximum atomic E-state index is 12.9. The Labute approximate surface area is 162 Å². The fourth-order valence-corrected chi connectivity index (χ4v) is 5.28. The molecule has 0 aliphatic carbocycles. The molecule has 0 saturated heterocycles. The number of nitrogens with zero attached hydrogens (tertiary/aromatic N) is 2. The normalized spacial score (nSPS) is 14.7. The average molecular weight is 412 g/mol. The number of carbonyl (C=O) groups excluding carboxylic acids is 1. The molecule has 2 aromatic rings. The third-order valence-corrected chi connectivity index (χ3v) is 7.10. The molecule has 1 N–H and O–H groups in total. The van der Waals surface area contributed by atoms with Crippen molar-refractivity contribution in [3.8, 4) is 0 Å². The van der Waals surface area contributed by atoms with Crippen molar-refractivity contribution >= 4 is 32.2 Å². The number of amides is 1. The molecule has 0 bridgehead atoms. The van der Waals surface area contributed by atoms with Crippen LogP contribution in [0.2, 0.25) is 0 Å².